The highest BCUT2D eigenvalue weighted by atomic mass is 16.2. The standard InChI is InChI=1S/C23H36N4O3/c1-6-8-9-10-11-12-13-14-15-16-26-20(28)18-19(25(5)22(26)30)24-17-27(18)21(29)23(3,4)7-2/h6,17H,1,7-16H2,2-5H3. The SMILES string of the molecule is C=CCCCCCCCCCn1c(=O)c2c(ncn2C(=O)C(C)(C)CC)n(C)c1=O. The van der Waals surface area contributed by atoms with Gasteiger partial charge in [0.25, 0.3) is 5.56 Å². The molecule has 0 unspecified atom stereocenters. The summed E-state index contributed by atoms with van der Waals surface area (Å²) in [5.74, 6) is -0.189. The lowest BCUT2D eigenvalue weighted by atomic mass is 9.89. The molecule has 2 heterocycles. The minimum Gasteiger partial charge on any atom is -0.279 e. The van der Waals surface area contributed by atoms with Crippen molar-refractivity contribution in [1.82, 2.24) is 18.7 Å². The van der Waals surface area contributed by atoms with E-state index in [1.165, 1.54) is 39.3 Å². The molecule has 0 radical (unpaired) electrons. The van der Waals surface area contributed by atoms with E-state index < -0.39 is 11.0 Å². The zero-order valence-corrected chi connectivity index (χ0v) is 18.9. The number of unbranched alkanes of at least 4 members (excludes halogenated alkanes) is 7. The number of rotatable bonds is 12. The molecule has 0 aliphatic heterocycles. The highest BCUT2D eigenvalue weighted by Crippen LogP contribution is 2.23. The van der Waals surface area contributed by atoms with Gasteiger partial charge in [-0.15, -0.1) is 6.58 Å². The lowest BCUT2D eigenvalue weighted by molar-refractivity contribution is 0.0744. The first-order valence-corrected chi connectivity index (χ1v) is 11.1. The fourth-order valence-corrected chi connectivity index (χ4v) is 3.54. The Bertz CT molecular complexity index is 994. The van der Waals surface area contributed by atoms with Gasteiger partial charge in [-0.1, -0.05) is 59.0 Å². The zero-order chi connectivity index (χ0) is 22.3. The summed E-state index contributed by atoms with van der Waals surface area (Å²) in [6.07, 6.45) is 12.6. The van der Waals surface area contributed by atoms with Gasteiger partial charge in [0.05, 0.1) is 0 Å². The van der Waals surface area contributed by atoms with Gasteiger partial charge in [-0.05, 0) is 25.7 Å². The van der Waals surface area contributed by atoms with Crippen LogP contribution in [0.5, 0.6) is 0 Å². The summed E-state index contributed by atoms with van der Waals surface area (Å²) in [7, 11) is 1.59. The molecule has 0 bridgehead atoms. The summed E-state index contributed by atoms with van der Waals surface area (Å²) >= 11 is 0. The van der Waals surface area contributed by atoms with Crippen molar-refractivity contribution in [2.75, 3.05) is 0 Å². The molecular weight excluding hydrogens is 380 g/mol. The van der Waals surface area contributed by atoms with Gasteiger partial charge in [0, 0.05) is 19.0 Å². The highest BCUT2D eigenvalue weighted by molar-refractivity contribution is 5.91. The van der Waals surface area contributed by atoms with Gasteiger partial charge in [-0.3, -0.25) is 23.3 Å². The van der Waals surface area contributed by atoms with E-state index in [4.69, 9.17) is 0 Å². The van der Waals surface area contributed by atoms with E-state index in [0.717, 1.165) is 32.1 Å². The molecule has 7 heteroatoms. The maximum atomic E-state index is 13.1. The Balaban J connectivity index is 2.14. The molecule has 7 nitrogen and oxygen atoms in total. The lowest BCUT2D eigenvalue weighted by Crippen LogP contribution is -2.40. The number of fused-ring (bicyclic) bond motifs is 1. The van der Waals surface area contributed by atoms with Crippen molar-refractivity contribution in [3.8, 4) is 0 Å². The summed E-state index contributed by atoms with van der Waals surface area (Å²) in [6, 6.07) is 0. The van der Waals surface area contributed by atoms with Crippen molar-refractivity contribution >= 4 is 17.1 Å². The first-order valence-electron chi connectivity index (χ1n) is 11.1. The molecule has 0 fully saturated rings. The van der Waals surface area contributed by atoms with Crippen LogP contribution in [0.4, 0.5) is 0 Å². The smallest absolute Gasteiger partial charge is 0.279 e. The van der Waals surface area contributed by atoms with Gasteiger partial charge >= 0.3 is 5.69 Å². The molecule has 0 aliphatic carbocycles. The number of aromatic nitrogens is 4. The molecule has 0 saturated heterocycles. The van der Waals surface area contributed by atoms with Crippen LogP contribution in [0.15, 0.2) is 28.6 Å². The van der Waals surface area contributed by atoms with Crippen LogP contribution in [0.2, 0.25) is 0 Å². The van der Waals surface area contributed by atoms with Crippen LogP contribution in [0.1, 0.15) is 83.4 Å². The molecule has 0 aromatic carbocycles. The number of imidazole rings is 1. The van der Waals surface area contributed by atoms with E-state index in [0.29, 0.717) is 13.0 Å². The number of hydrogen-bond acceptors (Lipinski definition) is 4. The third-order valence-corrected chi connectivity index (χ3v) is 6.00. The summed E-state index contributed by atoms with van der Waals surface area (Å²) in [4.78, 5) is 42.9. The molecular formula is C23H36N4O3. The second-order valence-electron chi connectivity index (χ2n) is 8.68. The highest BCUT2D eigenvalue weighted by Gasteiger charge is 2.30. The van der Waals surface area contributed by atoms with Crippen molar-refractivity contribution in [2.24, 2.45) is 12.5 Å². The van der Waals surface area contributed by atoms with Gasteiger partial charge in [-0.2, -0.15) is 0 Å². The molecule has 0 atom stereocenters. The molecule has 0 N–H and O–H groups in total. The third-order valence-electron chi connectivity index (χ3n) is 6.00. The van der Waals surface area contributed by atoms with Gasteiger partial charge in [0.2, 0.25) is 5.91 Å². The topological polar surface area (TPSA) is 78.9 Å². The van der Waals surface area contributed by atoms with E-state index in [9.17, 15) is 14.4 Å². The Kier molecular flexibility index (Phi) is 8.38. The third kappa shape index (κ3) is 5.18. The van der Waals surface area contributed by atoms with Gasteiger partial charge in [0.1, 0.15) is 6.33 Å². The average molecular weight is 417 g/mol. The molecule has 2 aromatic heterocycles. The van der Waals surface area contributed by atoms with Gasteiger partial charge in [-0.25, -0.2) is 9.78 Å². The van der Waals surface area contributed by atoms with Crippen molar-refractivity contribution < 1.29 is 4.79 Å². The Morgan fingerprint density at radius 3 is 2.30 bits per heavy atom. The molecule has 0 spiro atoms. The van der Waals surface area contributed by atoms with E-state index in [-0.39, 0.29) is 22.8 Å². The summed E-state index contributed by atoms with van der Waals surface area (Å²) in [5, 5.41) is 0. The Morgan fingerprint density at radius 1 is 1.10 bits per heavy atom. The van der Waals surface area contributed by atoms with Crippen molar-refractivity contribution in [3.05, 3.63) is 39.8 Å². The Labute approximate surface area is 178 Å². The molecule has 166 valence electrons. The maximum Gasteiger partial charge on any atom is 0.332 e. The molecule has 2 rings (SSSR count). The van der Waals surface area contributed by atoms with Crippen molar-refractivity contribution in [2.45, 2.75) is 85.1 Å². The lowest BCUT2D eigenvalue weighted by Gasteiger charge is -2.21. The largest absolute Gasteiger partial charge is 0.332 e. The maximum absolute atomic E-state index is 13.1. The molecule has 0 aliphatic rings. The molecule has 0 amide bonds. The molecule has 30 heavy (non-hydrogen) atoms. The van der Waals surface area contributed by atoms with Crippen molar-refractivity contribution in [1.29, 1.82) is 0 Å². The Hall–Kier alpha value is -2.44. The van der Waals surface area contributed by atoms with E-state index in [1.807, 2.05) is 26.8 Å². The van der Waals surface area contributed by atoms with Crippen LogP contribution in [0.3, 0.4) is 0 Å². The normalized spacial score (nSPS) is 11.9. The number of allylic oxidation sites excluding steroid dienone is 1. The van der Waals surface area contributed by atoms with Gasteiger partial charge in [0.15, 0.2) is 11.2 Å². The van der Waals surface area contributed by atoms with Crippen LogP contribution in [0, 0.1) is 5.41 Å². The number of carbonyl (C=O) groups excluding carboxylic acids is 1. The fraction of sp³-hybridized carbons (Fsp3) is 0.652. The van der Waals surface area contributed by atoms with Crippen LogP contribution in [0.25, 0.3) is 11.2 Å². The average Bonchev–Trinajstić information content (AvgIpc) is 3.17. The van der Waals surface area contributed by atoms with E-state index in [2.05, 4.69) is 11.6 Å². The second kappa shape index (κ2) is 10.5. The van der Waals surface area contributed by atoms with Crippen LogP contribution >= 0.6 is 0 Å². The minimum atomic E-state index is -0.620. The quantitative estimate of drug-likeness (QED) is 0.382. The Morgan fingerprint density at radius 2 is 1.70 bits per heavy atom. The minimum absolute atomic E-state index is 0.186. The number of aryl methyl sites for hydroxylation is 1. The van der Waals surface area contributed by atoms with Crippen LogP contribution in [-0.2, 0) is 13.6 Å². The first-order chi connectivity index (χ1) is 14.3. The summed E-state index contributed by atoms with van der Waals surface area (Å²) in [6.45, 7) is 9.72. The monoisotopic (exact) mass is 416 g/mol. The summed E-state index contributed by atoms with van der Waals surface area (Å²) < 4.78 is 3.93. The second-order valence-corrected chi connectivity index (χ2v) is 8.68. The van der Waals surface area contributed by atoms with Crippen molar-refractivity contribution in [3.63, 3.8) is 0 Å². The van der Waals surface area contributed by atoms with Crippen LogP contribution in [-0.4, -0.2) is 24.6 Å². The predicted octanol–water partition coefficient (Wildman–Crippen LogP) is 4.28. The summed E-state index contributed by atoms with van der Waals surface area (Å²) in [5.41, 5.74) is -1.00. The zero-order valence-electron chi connectivity index (χ0n) is 18.9. The number of carbonyl (C=O) groups is 1. The predicted molar refractivity (Wildman–Crippen MR) is 121 cm³/mol. The number of hydrogen-bond donors (Lipinski definition) is 0. The van der Waals surface area contributed by atoms with E-state index in [1.54, 1.807) is 7.05 Å². The number of nitrogens with zero attached hydrogens (tertiary/aromatic N) is 4. The molecule has 2 aromatic rings. The van der Waals surface area contributed by atoms with Crippen LogP contribution < -0.4 is 11.2 Å². The molecule has 0 saturated carbocycles. The van der Waals surface area contributed by atoms with Gasteiger partial charge < -0.3 is 0 Å². The first kappa shape index (κ1) is 23.8. The fourth-order valence-electron chi connectivity index (χ4n) is 3.54. The van der Waals surface area contributed by atoms with E-state index >= 15 is 0 Å².